The minimum Gasteiger partial charge on any atom is -0.493 e. The molecule has 0 unspecified atom stereocenters. The molecule has 0 radical (unpaired) electrons. The maximum atomic E-state index is 10.9. The molecule has 1 heterocycles. The number of aromatic nitrogens is 3. The van der Waals surface area contributed by atoms with Gasteiger partial charge in [-0.2, -0.15) is 0 Å². The second kappa shape index (κ2) is 5.38. The molecule has 0 spiro atoms. The maximum absolute atomic E-state index is 10.9. The lowest BCUT2D eigenvalue weighted by atomic mass is 10.2. The van der Waals surface area contributed by atoms with E-state index >= 15 is 0 Å². The van der Waals surface area contributed by atoms with Crippen LogP contribution in [0.25, 0.3) is 0 Å². The van der Waals surface area contributed by atoms with E-state index in [0.717, 1.165) is 0 Å². The zero-order valence-corrected chi connectivity index (χ0v) is 10.5. The molecule has 0 amide bonds. The highest BCUT2D eigenvalue weighted by Crippen LogP contribution is 2.28. The number of carbonyl (C=O) groups is 1. The first-order valence-corrected chi connectivity index (χ1v) is 5.49. The fraction of sp³-hybridized carbons (Fsp3) is 0.250. The number of hydrogen-bond donors (Lipinski definition) is 1. The van der Waals surface area contributed by atoms with E-state index < -0.39 is 5.97 Å². The van der Waals surface area contributed by atoms with Crippen LogP contribution in [0.5, 0.6) is 11.5 Å². The van der Waals surface area contributed by atoms with Crippen LogP contribution in [0.4, 0.5) is 0 Å². The average molecular weight is 263 g/mol. The van der Waals surface area contributed by atoms with Gasteiger partial charge in [-0.15, -0.1) is 5.10 Å². The van der Waals surface area contributed by atoms with Crippen molar-refractivity contribution in [2.75, 3.05) is 7.11 Å². The van der Waals surface area contributed by atoms with Crippen molar-refractivity contribution in [3.8, 4) is 11.5 Å². The van der Waals surface area contributed by atoms with Crippen molar-refractivity contribution in [1.82, 2.24) is 15.0 Å². The summed E-state index contributed by atoms with van der Waals surface area (Å²) in [4.78, 5) is 10.9. The highest BCUT2D eigenvalue weighted by atomic mass is 16.5. The molecule has 0 aliphatic rings. The minimum absolute atomic E-state index is 0.134. The van der Waals surface area contributed by atoms with E-state index in [1.807, 2.05) is 0 Å². The standard InChI is InChI=1S/C12H13N3O4/c1-15-6-9(13-14-15)7-19-11-5-8(12(16)17)3-4-10(11)18-2/h3-6H,7H2,1-2H3,(H,16,17). The van der Waals surface area contributed by atoms with E-state index in [9.17, 15) is 4.79 Å². The number of methoxy groups -OCH3 is 1. The van der Waals surface area contributed by atoms with Crippen LogP contribution < -0.4 is 9.47 Å². The first-order chi connectivity index (χ1) is 9.10. The molecule has 0 bridgehead atoms. The summed E-state index contributed by atoms with van der Waals surface area (Å²) in [7, 11) is 3.24. The Morgan fingerprint density at radius 1 is 1.42 bits per heavy atom. The van der Waals surface area contributed by atoms with Gasteiger partial charge < -0.3 is 14.6 Å². The lowest BCUT2D eigenvalue weighted by Gasteiger charge is -2.10. The molecule has 1 aromatic heterocycles. The van der Waals surface area contributed by atoms with E-state index in [1.165, 1.54) is 19.2 Å². The summed E-state index contributed by atoms with van der Waals surface area (Å²) in [5, 5.41) is 16.6. The van der Waals surface area contributed by atoms with E-state index in [4.69, 9.17) is 14.6 Å². The van der Waals surface area contributed by atoms with Gasteiger partial charge >= 0.3 is 5.97 Å². The number of nitrogens with zero attached hydrogens (tertiary/aromatic N) is 3. The molecule has 1 aromatic carbocycles. The zero-order chi connectivity index (χ0) is 13.8. The molecule has 19 heavy (non-hydrogen) atoms. The Kier molecular flexibility index (Phi) is 3.65. The molecule has 0 atom stereocenters. The van der Waals surface area contributed by atoms with Crippen LogP contribution >= 0.6 is 0 Å². The third-order valence-corrected chi connectivity index (χ3v) is 2.44. The van der Waals surface area contributed by atoms with Crippen molar-refractivity contribution >= 4 is 5.97 Å². The van der Waals surface area contributed by atoms with Crippen molar-refractivity contribution < 1.29 is 19.4 Å². The van der Waals surface area contributed by atoms with Crippen LogP contribution in [-0.4, -0.2) is 33.2 Å². The zero-order valence-electron chi connectivity index (χ0n) is 10.5. The lowest BCUT2D eigenvalue weighted by molar-refractivity contribution is 0.0696. The molecular weight excluding hydrogens is 250 g/mol. The summed E-state index contributed by atoms with van der Waals surface area (Å²) in [5.74, 6) is -0.200. The van der Waals surface area contributed by atoms with Crippen LogP contribution in [0.15, 0.2) is 24.4 Å². The van der Waals surface area contributed by atoms with Gasteiger partial charge in [0.15, 0.2) is 11.5 Å². The molecule has 2 rings (SSSR count). The number of aryl methyl sites for hydroxylation is 1. The third kappa shape index (κ3) is 3.01. The predicted octanol–water partition coefficient (Wildman–Crippen LogP) is 1.10. The first-order valence-electron chi connectivity index (χ1n) is 5.49. The summed E-state index contributed by atoms with van der Waals surface area (Å²) in [6, 6.07) is 4.42. The van der Waals surface area contributed by atoms with Gasteiger partial charge in [0.1, 0.15) is 12.3 Å². The number of carboxylic acid groups (broad SMARTS) is 1. The predicted molar refractivity (Wildman–Crippen MR) is 65.3 cm³/mol. The van der Waals surface area contributed by atoms with Crippen molar-refractivity contribution in [2.45, 2.75) is 6.61 Å². The van der Waals surface area contributed by atoms with E-state index in [0.29, 0.717) is 17.2 Å². The largest absolute Gasteiger partial charge is 0.493 e. The van der Waals surface area contributed by atoms with Crippen LogP contribution in [-0.2, 0) is 13.7 Å². The van der Waals surface area contributed by atoms with Crippen molar-refractivity contribution in [3.05, 3.63) is 35.7 Å². The van der Waals surface area contributed by atoms with Crippen LogP contribution in [0.2, 0.25) is 0 Å². The number of rotatable bonds is 5. The highest BCUT2D eigenvalue weighted by Gasteiger charge is 2.11. The summed E-state index contributed by atoms with van der Waals surface area (Å²) in [5.41, 5.74) is 0.778. The van der Waals surface area contributed by atoms with E-state index in [2.05, 4.69) is 10.3 Å². The summed E-state index contributed by atoms with van der Waals surface area (Å²) >= 11 is 0. The van der Waals surface area contributed by atoms with Crippen molar-refractivity contribution in [2.24, 2.45) is 7.05 Å². The fourth-order valence-electron chi connectivity index (χ4n) is 1.54. The smallest absolute Gasteiger partial charge is 0.335 e. The normalized spacial score (nSPS) is 10.2. The number of aromatic carboxylic acids is 1. The Labute approximate surface area is 109 Å². The van der Waals surface area contributed by atoms with E-state index in [1.54, 1.807) is 24.0 Å². The summed E-state index contributed by atoms with van der Waals surface area (Å²) in [6.07, 6.45) is 1.72. The van der Waals surface area contributed by atoms with Gasteiger partial charge in [-0.05, 0) is 18.2 Å². The van der Waals surface area contributed by atoms with Crippen molar-refractivity contribution in [1.29, 1.82) is 0 Å². The molecule has 0 saturated carbocycles. The maximum Gasteiger partial charge on any atom is 0.335 e. The topological polar surface area (TPSA) is 86.5 Å². The SMILES string of the molecule is COc1ccc(C(=O)O)cc1OCc1cn(C)nn1. The quantitative estimate of drug-likeness (QED) is 0.869. The Morgan fingerprint density at radius 3 is 2.79 bits per heavy atom. The third-order valence-electron chi connectivity index (χ3n) is 2.44. The van der Waals surface area contributed by atoms with Crippen LogP contribution in [0, 0.1) is 0 Å². The molecular formula is C12H13N3O4. The second-order valence-electron chi connectivity index (χ2n) is 3.84. The Balaban J connectivity index is 2.17. The minimum atomic E-state index is -1.02. The molecule has 7 nitrogen and oxygen atoms in total. The molecule has 0 aliphatic heterocycles. The number of benzene rings is 1. The van der Waals surface area contributed by atoms with Crippen molar-refractivity contribution in [3.63, 3.8) is 0 Å². The summed E-state index contributed by atoms with van der Waals surface area (Å²) in [6.45, 7) is 0.188. The first kappa shape index (κ1) is 12.9. The number of hydrogen-bond acceptors (Lipinski definition) is 5. The lowest BCUT2D eigenvalue weighted by Crippen LogP contribution is -2.01. The highest BCUT2D eigenvalue weighted by molar-refractivity contribution is 5.88. The molecule has 0 aliphatic carbocycles. The van der Waals surface area contributed by atoms with E-state index in [-0.39, 0.29) is 12.2 Å². The number of carboxylic acids is 1. The molecule has 2 aromatic rings. The monoisotopic (exact) mass is 263 g/mol. The van der Waals surface area contributed by atoms with Crippen LogP contribution in [0.3, 0.4) is 0 Å². The molecule has 7 heteroatoms. The molecule has 0 fully saturated rings. The Morgan fingerprint density at radius 2 is 2.21 bits per heavy atom. The summed E-state index contributed by atoms with van der Waals surface area (Å²) < 4.78 is 12.2. The fourth-order valence-corrected chi connectivity index (χ4v) is 1.54. The second-order valence-corrected chi connectivity index (χ2v) is 3.84. The Bertz CT molecular complexity index is 594. The van der Waals surface area contributed by atoms with Gasteiger partial charge in [-0.25, -0.2) is 4.79 Å². The molecule has 0 saturated heterocycles. The van der Waals surface area contributed by atoms with Gasteiger partial charge in [0, 0.05) is 7.05 Å². The Hall–Kier alpha value is -2.57. The van der Waals surface area contributed by atoms with Gasteiger partial charge in [0.05, 0.1) is 18.9 Å². The van der Waals surface area contributed by atoms with Gasteiger partial charge in [0.2, 0.25) is 0 Å². The van der Waals surface area contributed by atoms with Gasteiger partial charge in [-0.3, -0.25) is 4.68 Å². The van der Waals surface area contributed by atoms with Crippen LogP contribution in [0.1, 0.15) is 16.1 Å². The molecule has 100 valence electrons. The average Bonchev–Trinajstić information content (AvgIpc) is 2.81. The molecule has 1 N–H and O–H groups in total. The van der Waals surface area contributed by atoms with Gasteiger partial charge in [-0.1, -0.05) is 5.21 Å². The number of ether oxygens (including phenoxy) is 2. The van der Waals surface area contributed by atoms with Gasteiger partial charge in [0.25, 0.3) is 0 Å².